The van der Waals surface area contributed by atoms with Gasteiger partial charge >= 0.3 is 5.97 Å². The predicted octanol–water partition coefficient (Wildman–Crippen LogP) is 3.22. The van der Waals surface area contributed by atoms with Gasteiger partial charge in [-0.05, 0) is 49.6 Å². The summed E-state index contributed by atoms with van der Waals surface area (Å²) in [4.78, 5) is 22.6. The van der Waals surface area contributed by atoms with Crippen molar-refractivity contribution in [3.8, 4) is 0 Å². The summed E-state index contributed by atoms with van der Waals surface area (Å²) in [7, 11) is -2.51. The third kappa shape index (κ3) is 4.22. The molecule has 29 heavy (non-hydrogen) atoms. The second-order valence-electron chi connectivity index (χ2n) is 6.69. The van der Waals surface area contributed by atoms with Gasteiger partial charge in [0.2, 0.25) is 10.0 Å². The number of benzene rings is 2. The molecule has 1 N–H and O–H groups in total. The molecule has 0 radical (unpaired) electrons. The van der Waals surface area contributed by atoms with E-state index in [0.29, 0.717) is 18.8 Å². The minimum atomic E-state index is -3.77. The van der Waals surface area contributed by atoms with E-state index in [1.165, 1.54) is 29.6 Å². The van der Waals surface area contributed by atoms with E-state index in [2.05, 4.69) is 5.32 Å². The molecule has 3 rings (SSSR count). The molecule has 0 amide bonds. The monoisotopic (exact) mass is 419 g/mol. The van der Waals surface area contributed by atoms with Crippen LogP contribution < -0.4 is 5.32 Å². The van der Waals surface area contributed by atoms with E-state index in [4.69, 9.17) is 4.74 Å². The maximum atomic E-state index is 12.7. The molecule has 9 nitrogen and oxygen atoms in total. The minimum Gasteiger partial charge on any atom is -0.465 e. The molecule has 10 heteroatoms. The lowest BCUT2D eigenvalue weighted by atomic mass is 10.1. The Hall–Kier alpha value is -2.98. The van der Waals surface area contributed by atoms with Gasteiger partial charge in [0.15, 0.2) is 0 Å². The fourth-order valence-corrected chi connectivity index (χ4v) is 4.69. The predicted molar refractivity (Wildman–Crippen MR) is 107 cm³/mol. The molecule has 1 saturated heterocycles. The minimum absolute atomic E-state index is 0.114. The topological polar surface area (TPSA) is 119 Å². The van der Waals surface area contributed by atoms with Gasteiger partial charge in [-0.1, -0.05) is 6.07 Å². The molecule has 1 aliphatic rings. The Labute approximate surface area is 168 Å². The van der Waals surface area contributed by atoms with Crippen LogP contribution in [0, 0.1) is 17.0 Å². The van der Waals surface area contributed by atoms with Crippen molar-refractivity contribution in [3.05, 3.63) is 57.6 Å². The number of ether oxygens (including phenoxy) is 1. The summed E-state index contributed by atoms with van der Waals surface area (Å²) in [5, 5.41) is 14.5. The van der Waals surface area contributed by atoms with E-state index < -0.39 is 20.9 Å². The molecule has 0 bridgehead atoms. The van der Waals surface area contributed by atoms with Gasteiger partial charge in [-0.25, -0.2) is 13.2 Å². The van der Waals surface area contributed by atoms with Gasteiger partial charge in [0.05, 0.1) is 22.5 Å². The number of sulfonamides is 1. The van der Waals surface area contributed by atoms with Crippen molar-refractivity contribution in [1.29, 1.82) is 0 Å². The van der Waals surface area contributed by atoms with Crippen LogP contribution in [0.4, 0.5) is 17.1 Å². The van der Waals surface area contributed by atoms with E-state index in [0.717, 1.165) is 24.5 Å². The molecule has 0 unspecified atom stereocenters. The summed E-state index contributed by atoms with van der Waals surface area (Å²) < 4.78 is 31.5. The molecule has 1 fully saturated rings. The Kier molecular flexibility index (Phi) is 5.85. The highest BCUT2D eigenvalue weighted by Crippen LogP contribution is 2.33. The summed E-state index contributed by atoms with van der Waals surface area (Å²) >= 11 is 0. The molecule has 1 aliphatic heterocycles. The van der Waals surface area contributed by atoms with Crippen LogP contribution in [0.3, 0.4) is 0 Å². The van der Waals surface area contributed by atoms with Crippen molar-refractivity contribution in [2.45, 2.75) is 24.7 Å². The summed E-state index contributed by atoms with van der Waals surface area (Å²) in [5.74, 6) is -0.533. The first kappa shape index (κ1) is 20.7. The second kappa shape index (κ2) is 8.18. The maximum Gasteiger partial charge on any atom is 0.337 e. The van der Waals surface area contributed by atoms with E-state index >= 15 is 0 Å². The fraction of sp³-hybridized carbons (Fsp3) is 0.316. The number of nitro groups is 1. The van der Waals surface area contributed by atoms with Gasteiger partial charge in [-0.2, -0.15) is 4.31 Å². The van der Waals surface area contributed by atoms with Crippen LogP contribution in [0.25, 0.3) is 0 Å². The van der Waals surface area contributed by atoms with Crippen LogP contribution in [-0.4, -0.2) is 43.8 Å². The Morgan fingerprint density at radius 1 is 1.14 bits per heavy atom. The maximum absolute atomic E-state index is 12.7. The molecule has 1 heterocycles. The van der Waals surface area contributed by atoms with Crippen molar-refractivity contribution < 1.29 is 22.9 Å². The number of hydrogen-bond acceptors (Lipinski definition) is 7. The molecule has 2 aromatic rings. The van der Waals surface area contributed by atoms with Gasteiger partial charge in [0.1, 0.15) is 5.69 Å². The molecular formula is C19H21N3O6S. The van der Waals surface area contributed by atoms with Crippen LogP contribution in [0.5, 0.6) is 0 Å². The molecule has 0 aromatic heterocycles. The standard InChI is InChI=1S/C19H21N3O6S/c1-13-5-6-14(19(23)28-2)11-17(13)20-16-8-7-15(12-18(16)22(24)25)29(26,27)21-9-3-4-10-21/h5-8,11-12,20H,3-4,9-10H2,1-2H3. The van der Waals surface area contributed by atoms with Crippen LogP contribution in [0.1, 0.15) is 28.8 Å². The number of rotatable bonds is 6. The number of carbonyl (C=O) groups excluding carboxylic acids is 1. The van der Waals surface area contributed by atoms with Crippen molar-refractivity contribution in [3.63, 3.8) is 0 Å². The first-order valence-corrected chi connectivity index (χ1v) is 10.4. The quantitative estimate of drug-likeness (QED) is 0.434. The van der Waals surface area contributed by atoms with Crippen LogP contribution in [0.15, 0.2) is 41.3 Å². The highest BCUT2D eigenvalue weighted by Gasteiger charge is 2.29. The lowest BCUT2D eigenvalue weighted by molar-refractivity contribution is -0.384. The summed E-state index contributed by atoms with van der Waals surface area (Å²) in [6.45, 7) is 2.60. The Bertz CT molecular complexity index is 1060. The summed E-state index contributed by atoms with van der Waals surface area (Å²) in [6.07, 6.45) is 1.55. The molecule has 0 saturated carbocycles. The van der Waals surface area contributed by atoms with Gasteiger partial charge in [-0.15, -0.1) is 0 Å². The number of carbonyl (C=O) groups is 1. The Morgan fingerprint density at radius 2 is 1.83 bits per heavy atom. The van der Waals surface area contributed by atoms with Crippen LogP contribution in [0.2, 0.25) is 0 Å². The second-order valence-corrected chi connectivity index (χ2v) is 8.63. The Morgan fingerprint density at radius 3 is 2.45 bits per heavy atom. The molecule has 154 valence electrons. The SMILES string of the molecule is COC(=O)c1ccc(C)c(Nc2ccc(S(=O)(=O)N3CCCC3)cc2[N+](=O)[O-])c1. The number of nitro benzene ring substituents is 1. The molecule has 0 spiro atoms. The number of nitrogens with one attached hydrogen (secondary N) is 1. The van der Waals surface area contributed by atoms with Crippen molar-refractivity contribution in [1.82, 2.24) is 4.31 Å². The van der Waals surface area contributed by atoms with Crippen molar-refractivity contribution >= 4 is 33.1 Å². The molecule has 0 atom stereocenters. The number of esters is 1. The zero-order chi connectivity index (χ0) is 21.2. The van der Waals surface area contributed by atoms with E-state index in [9.17, 15) is 23.3 Å². The molecular weight excluding hydrogens is 398 g/mol. The number of methoxy groups -OCH3 is 1. The molecule has 2 aromatic carbocycles. The number of aryl methyl sites for hydroxylation is 1. The highest BCUT2D eigenvalue weighted by molar-refractivity contribution is 7.89. The number of anilines is 2. The van der Waals surface area contributed by atoms with E-state index in [1.807, 2.05) is 0 Å². The van der Waals surface area contributed by atoms with Gasteiger partial charge in [-0.3, -0.25) is 10.1 Å². The zero-order valence-electron chi connectivity index (χ0n) is 16.0. The average molecular weight is 419 g/mol. The van der Waals surface area contributed by atoms with Gasteiger partial charge in [0, 0.05) is 24.8 Å². The summed E-state index contributed by atoms with van der Waals surface area (Å²) in [5.41, 5.74) is 1.27. The number of hydrogen-bond donors (Lipinski definition) is 1. The van der Waals surface area contributed by atoms with Crippen molar-refractivity contribution in [2.24, 2.45) is 0 Å². The third-order valence-corrected chi connectivity index (χ3v) is 6.69. The van der Waals surface area contributed by atoms with E-state index in [1.54, 1.807) is 19.1 Å². The average Bonchev–Trinajstić information content (AvgIpc) is 3.24. The first-order valence-electron chi connectivity index (χ1n) is 8.98. The third-order valence-electron chi connectivity index (χ3n) is 4.80. The zero-order valence-corrected chi connectivity index (χ0v) is 16.9. The van der Waals surface area contributed by atoms with Crippen LogP contribution in [-0.2, 0) is 14.8 Å². The number of nitrogens with zero attached hydrogens (tertiary/aromatic N) is 2. The largest absolute Gasteiger partial charge is 0.465 e. The lowest BCUT2D eigenvalue weighted by Gasteiger charge is -2.16. The summed E-state index contributed by atoms with van der Waals surface area (Å²) in [6, 6.07) is 8.59. The highest BCUT2D eigenvalue weighted by atomic mass is 32.2. The van der Waals surface area contributed by atoms with Gasteiger partial charge in [0.25, 0.3) is 5.69 Å². The normalized spacial score (nSPS) is 14.6. The van der Waals surface area contributed by atoms with Crippen LogP contribution >= 0.6 is 0 Å². The molecule has 0 aliphatic carbocycles. The lowest BCUT2D eigenvalue weighted by Crippen LogP contribution is -2.27. The Balaban J connectivity index is 1.99. The van der Waals surface area contributed by atoms with E-state index in [-0.39, 0.29) is 21.8 Å². The first-order chi connectivity index (χ1) is 13.7. The smallest absolute Gasteiger partial charge is 0.337 e. The van der Waals surface area contributed by atoms with Gasteiger partial charge < -0.3 is 10.1 Å². The fourth-order valence-electron chi connectivity index (χ4n) is 3.15. The van der Waals surface area contributed by atoms with Crippen molar-refractivity contribution in [2.75, 3.05) is 25.5 Å².